The van der Waals surface area contributed by atoms with Crippen LogP contribution in [0.3, 0.4) is 0 Å². The molecule has 0 aromatic carbocycles. The Kier molecular flexibility index (Phi) is 4.88. The molecule has 0 atom stereocenters. The second-order valence-electron chi connectivity index (χ2n) is 6.74. The number of aromatic nitrogens is 2. The predicted molar refractivity (Wildman–Crippen MR) is 105 cm³/mol. The highest BCUT2D eigenvalue weighted by atomic mass is 32.1. The smallest absolute Gasteiger partial charge is 0.246 e. The minimum absolute atomic E-state index is 0.0572. The molecule has 136 valence electrons. The van der Waals surface area contributed by atoms with E-state index in [9.17, 15) is 4.79 Å². The summed E-state index contributed by atoms with van der Waals surface area (Å²) in [5.41, 5.74) is 9.47. The molecule has 2 aliphatic rings. The van der Waals surface area contributed by atoms with E-state index in [1.54, 1.807) is 17.4 Å². The SMILES string of the molecule is Nc1nc(N2CCN(C(=O)/C=C/c3ccsc3)CC2)nc2c1CCCC2. The molecule has 4 rings (SSSR count). The highest BCUT2D eigenvalue weighted by molar-refractivity contribution is 7.08. The molecule has 1 aliphatic carbocycles. The van der Waals surface area contributed by atoms with Crippen molar-refractivity contribution >= 4 is 35.1 Å². The van der Waals surface area contributed by atoms with Crippen LogP contribution in [-0.4, -0.2) is 47.0 Å². The Hall–Kier alpha value is -2.41. The lowest BCUT2D eigenvalue weighted by Crippen LogP contribution is -2.49. The third-order valence-corrected chi connectivity index (χ3v) is 5.74. The molecule has 0 spiro atoms. The predicted octanol–water partition coefficient (Wildman–Crippen LogP) is 2.36. The van der Waals surface area contributed by atoms with Crippen LogP contribution in [0.5, 0.6) is 0 Å². The van der Waals surface area contributed by atoms with Crippen LogP contribution in [0.1, 0.15) is 29.7 Å². The zero-order chi connectivity index (χ0) is 17.9. The summed E-state index contributed by atoms with van der Waals surface area (Å²) in [6.45, 7) is 2.81. The molecule has 1 amide bonds. The van der Waals surface area contributed by atoms with Gasteiger partial charge in [0, 0.05) is 37.8 Å². The van der Waals surface area contributed by atoms with Crippen molar-refractivity contribution < 1.29 is 4.79 Å². The zero-order valence-electron chi connectivity index (χ0n) is 14.7. The minimum atomic E-state index is 0.0572. The number of nitrogens with two attached hydrogens (primary N) is 1. The maximum atomic E-state index is 12.4. The van der Waals surface area contributed by atoms with Crippen molar-refractivity contribution in [1.82, 2.24) is 14.9 Å². The first-order valence-corrected chi connectivity index (χ1v) is 10.0. The zero-order valence-corrected chi connectivity index (χ0v) is 15.5. The van der Waals surface area contributed by atoms with E-state index in [1.807, 2.05) is 27.8 Å². The molecule has 2 aromatic heterocycles. The lowest BCUT2D eigenvalue weighted by atomic mass is 9.96. The number of nitrogens with zero attached hydrogens (tertiary/aromatic N) is 4. The fraction of sp³-hybridized carbons (Fsp3) is 0.421. The Morgan fingerprint density at radius 3 is 2.73 bits per heavy atom. The van der Waals surface area contributed by atoms with Gasteiger partial charge in [-0.3, -0.25) is 4.79 Å². The van der Waals surface area contributed by atoms with Crippen molar-refractivity contribution in [1.29, 1.82) is 0 Å². The Morgan fingerprint density at radius 2 is 1.96 bits per heavy atom. The first-order valence-electron chi connectivity index (χ1n) is 9.10. The number of carbonyl (C=O) groups is 1. The number of carbonyl (C=O) groups excluding carboxylic acids is 1. The third kappa shape index (κ3) is 3.58. The van der Waals surface area contributed by atoms with Crippen LogP contribution >= 0.6 is 11.3 Å². The highest BCUT2D eigenvalue weighted by Gasteiger charge is 2.24. The van der Waals surface area contributed by atoms with E-state index in [1.165, 1.54) is 12.8 Å². The first-order chi connectivity index (χ1) is 12.7. The van der Waals surface area contributed by atoms with Gasteiger partial charge in [0.15, 0.2) is 0 Å². The van der Waals surface area contributed by atoms with Gasteiger partial charge in [-0.25, -0.2) is 4.98 Å². The van der Waals surface area contributed by atoms with Crippen molar-refractivity contribution in [2.75, 3.05) is 36.8 Å². The Morgan fingerprint density at radius 1 is 1.15 bits per heavy atom. The molecule has 7 heteroatoms. The number of hydrogen-bond donors (Lipinski definition) is 1. The molecule has 26 heavy (non-hydrogen) atoms. The van der Waals surface area contributed by atoms with Gasteiger partial charge >= 0.3 is 0 Å². The molecule has 2 aromatic rings. The number of rotatable bonds is 3. The quantitative estimate of drug-likeness (QED) is 0.841. The van der Waals surface area contributed by atoms with Crippen molar-refractivity contribution in [3.63, 3.8) is 0 Å². The number of anilines is 2. The van der Waals surface area contributed by atoms with E-state index in [4.69, 9.17) is 10.7 Å². The lowest BCUT2D eigenvalue weighted by molar-refractivity contribution is -0.126. The number of aryl methyl sites for hydroxylation is 1. The number of amides is 1. The molecule has 1 fully saturated rings. The lowest BCUT2D eigenvalue weighted by Gasteiger charge is -2.34. The molecule has 0 radical (unpaired) electrons. The van der Waals surface area contributed by atoms with Crippen LogP contribution in [0.15, 0.2) is 22.9 Å². The summed E-state index contributed by atoms with van der Waals surface area (Å²) >= 11 is 1.63. The van der Waals surface area contributed by atoms with Crippen LogP contribution in [0.2, 0.25) is 0 Å². The fourth-order valence-electron chi connectivity index (χ4n) is 3.52. The average Bonchev–Trinajstić information content (AvgIpc) is 3.20. The molecule has 1 saturated heterocycles. The summed E-state index contributed by atoms with van der Waals surface area (Å²) in [6.07, 6.45) is 7.84. The second kappa shape index (κ2) is 7.45. The van der Waals surface area contributed by atoms with Gasteiger partial charge in [0.25, 0.3) is 0 Å². The molecule has 6 nitrogen and oxygen atoms in total. The Labute approximate surface area is 157 Å². The molecule has 0 unspecified atom stereocenters. The van der Waals surface area contributed by atoms with E-state index in [0.29, 0.717) is 24.9 Å². The molecular weight excluding hydrogens is 346 g/mol. The van der Waals surface area contributed by atoms with Crippen LogP contribution in [0.25, 0.3) is 6.08 Å². The number of nitrogen functional groups attached to an aromatic ring is 1. The maximum absolute atomic E-state index is 12.4. The minimum Gasteiger partial charge on any atom is -0.383 e. The van der Waals surface area contributed by atoms with Crippen molar-refractivity contribution in [3.8, 4) is 0 Å². The molecule has 3 heterocycles. The number of piperazine rings is 1. The monoisotopic (exact) mass is 369 g/mol. The molecule has 2 N–H and O–H groups in total. The Balaban J connectivity index is 1.39. The molecule has 1 aliphatic heterocycles. The molecule has 0 saturated carbocycles. The summed E-state index contributed by atoms with van der Waals surface area (Å²) in [7, 11) is 0. The van der Waals surface area contributed by atoms with Gasteiger partial charge < -0.3 is 15.5 Å². The van der Waals surface area contributed by atoms with Gasteiger partial charge in [-0.15, -0.1) is 0 Å². The first kappa shape index (κ1) is 17.0. The van der Waals surface area contributed by atoms with Crippen molar-refractivity contribution in [2.45, 2.75) is 25.7 Å². The van der Waals surface area contributed by atoms with Crippen LogP contribution < -0.4 is 10.6 Å². The van der Waals surface area contributed by atoms with Gasteiger partial charge in [-0.05, 0) is 54.1 Å². The fourth-order valence-corrected chi connectivity index (χ4v) is 4.15. The van der Waals surface area contributed by atoms with Gasteiger partial charge in [0.05, 0.1) is 5.69 Å². The largest absolute Gasteiger partial charge is 0.383 e. The normalized spacial score (nSPS) is 17.5. The highest BCUT2D eigenvalue weighted by Crippen LogP contribution is 2.26. The van der Waals surface area contributed by atoms with Gasteiger partial charge in [0.1, 0.15) is 5.82 Å². The van der Waals surface area contributed by atoms with Crippen LogP contribution in [0.4, 0.5) is 11.8 Å². The number of fused-ring (bicyclic) bond motifs is 1. The summed E-state index contributed by atoms with van der Waals surface area (Å²) in [5, 5.41) is 4.03. The molecular formula is C19H23N5OS. The van der Waals surface area contributed by atoms with Crippen LogP contribution in [0, 0.1) is 0 Å². The van der Waals surface area contributed by atoms with Crippen LogP contribution in [-0.2, 0) is 17.6 Å². The Bertz CT molecular complexity index is 810. The summed E-state index contributed by atoms with van der Waals surface area (Å²) in [6, 6.07) is 2.00. The van der Waals surface area contributed by atoms with E-state index in [2.05, 4.69) is 9.88 Å². The number of hydrogen-bond acceptors (Lipinski definition) is 6. The summed E-state index contributed by atoms with van der Waals surface area (Å²) in [4.78, 5) is 25.7. The van der Waals surface area contributed by atoms with Gasteiger partial charge in [-0.2, -0.15) is 16.3 Å². The van der Waals surface area contributed by atoms with E-state index in [0.717, 1.165) is 42.8 Å². The van der Waals surface area contributed by atoms with E-state index >= 15 is 0 Å². The number of thiophene rings is 1. The average molecular weight is 369 g/mol. The standard InChI is InChI=1S/C19H23N5OS/c20-18-15-3-1-2-4-16(15)21-19(22-18)24-10-8-23(9-11-24)17(25)6-5-14-7-12-26-13-14/h5-7,12-13H,1-4,8-11H2,(H2,20,21,22)/b6-5+. The van der Waals surface area contributed by atoms with Gasteiger partial charge in [-0.1, -0.05) is 0 Å². The second-order valence-corrected chi connectivity index (χ2v) is 7.52. The van der Waals surface area contributed by atoms with E-state index < -0.39 is 0 Å². The summed E-state index contributed by atoms with van der Waals surface area (Å²) < 4.78 is 0. The molecule has 0 bridgehead atoms. The van der Waals surface area contributed by atoms with E-state index in [-0.39, 0.29) is 5.91 Å². The van der Waals surface area contributed by atoms with Crippen molar-refractivity contribution in [3.05, 3.63) is 39.7 Å². The third-order valence-electron chi connectivity index (χ3n) is 5.04. The van der Waals surface area contributed by atoms with Gasteiger partial charge in [0.2, 0.25) is 11.9 Å². The van der Waals surface area contributed by atoms with Crippen molar-refractivity contribution in [2.24, 2.45) is 0 Å². The topological polar surface area (TPSA) is 75.3 Å². The summed E-state index contributed by atoms with van der Waals surface area (Å²) in [5.74, 6) is 1.40. The maximum Gasteiger partial charge on any atom is 0.246 e.